The van der Waals surface area contributed by atoms with Crippen molar-refractivity contribution in [2.24, 2.45) is 0 Å². The van der Waals surface area contributed by atoms with E-state index in [0.717, 1.165) is 25.9 Å². The highest BCUT2D eigenvalue weighted by atomic mass is 32.2. The van der Waals surface area contributed by atoms with Gasteiger partial charge in [-0.2, -0.15) is 0 Å². The fourth-order valence-electron chi connectivity index (χ4n) is 3.10. The Morgan fingerprint density at radius 1 is 1.30 bits per heavy atom. The molecule has 0 radical (unpaired) electrons. The van der Waals surface area contributed by atoms with Gasteiger partial charge in [0.25, 0.3) is 0 Å². The van der Waals surface area contributed by atoms with Crippen molar-refractivity contribution in [2.75, 3.05) is 26.7 Å². The van der Waals surface area contributed by atoms with Gasteiger partial charge in [0.2, 0.25) is 5.91 Å². The predicted molar refractivity (Wildman–Crippen MR) is 91.6 cm³/mol. The first-order chi connectivity index (χ1) is 11.0. The van der Waals surface area contributed by atoms with Crippen molar-refractivity contribution in [3.8, 4) is 0 Å². The molecule has 124 valence electrons. The molecule has 1 N–H and O–H groups in total. The lowest BCUT2D eigenvalue weighted by atomic mass is 10.1. The van der Waals surface area contributed by atoms with Gasteiger partial charge in [-0.25, -0.2) is 4.79 Å². The molecule has 0 aliphatic carbocycles. The van der Waals surface area contributed by atoms with E-state index in [1.54, 1.807) is 11.9 Å². The van der Waals surface area contributed by atoms with Crippen LogP contribution in [0.15, 0.2) is 29.2 Å². The second-order valence-electron chi connectivity index (χ2n) is 6.34. The molecule has 2 aliphatic heterocycles. The molecule has 1 aromatic carbocycles. The standard InChI is InChI=1S/C17H23N3O2S/c1-12-4-3-5-14(10-12)23-13-6-8-20(9-7-13)16(21)15-11-19(2)17(22)18-15/h3-5,10,13,15H,6-9,11H2,1-2H3,(H,18,22)/t15-/m0/s1. The van der Waals surface area contributed by atoms with Crippen LogP contribution < -0.4 is 5.32 Å². The number of nitrogens with one attached hydrogen (secondary N) is 1. The lowest BCUT2D eigenvalue weighted by Crippen LogP contribution is -2.48. The van der Waals surface area contributed by atoms with Crippen molar-refractivity contribution in [3.63, 3.8) is 0 Å². The molecule has 0 aromatic heterocycles. The van der Waals surface area contributed by atoms with Gasteiger partial charge in [-0.15, -0.1) is 11.8 Å². The Balaban J connectivity index is 1.50. The Labute approximate surface area is 141 Å². The number of carbonyl (C=O) groups excluding carboxylic acids is 2. The number of hydrogen-bond acceptors (Lipinski definition) is 3. The third-order valence-electron chi connectivity index (χ3n) is 4.44. The average molecular weight is 333 g/mol. The number of benzene rings is 1. The summed E-state index contributed by atoms with van der Waals surface area (Å²) >= 11 is 1.91. The van der Waals surface area contributed by atoms with Crippen LogP contribution in [0.3, 0.4) is 0 Å². The third kappa shape index (κ3) is 3.80. The molecule has 2 aliphatic rings. The SMILES string of the molecule is Cc1cccc(SC2CCN(C(=O)[C@@H]3CN(C)C(=O)N3)CC2)c1. The van der Waals surface area contributed by atoms with Crippen LogP contribution in [0.2, 0.25) is 0 Å². The molecule has 2 fully saturated rings. The molecule has 1 atom stereocenters. The number of likely N-dealkylation sites (tertiary alicyclic amines) is 1. The maximum Gasteiger partial charge on any atom is 0.317 e. The van der Waals surface area contributed by atoms with E-state index < -0.39 is 0 Å². The summed E-state index contributed by atoms with van der Waals surface area (Å²) in [7, 11) is 1.72. The summed E-state index contributed by atoms with van der Waals surface area (Å²) in [4.78, 5) is 28.7. The number of thioether (sulfide) groups is 1. The minimum atomic E-state index is -0.381. The average Bonchev–Trinajstić information content (AvgIpc) is 2.87. The number of likely N-dealkylation sites (N-methyl/N-ethyl adjacent to an activating group) is 1. The fourth-order valence-corrected chi connectivity index (χ4v) is 4.34. The van der Waals surface area contributed by atoms with Crippen LogP contribution in [0.5, 0.6) is 0 Å². The first kappa shape index (κ1) is 16.2. The Kier molecular flexibility index (Phi) is 4.80. The van der Waals surface area contributed by atoms with Crippen LogP contribution in [0.4, 0.5) is 4.79 Å². The summed E-state index contributed by atoms with van der Waals surface area (Å²) in [6.07, 6.45) is 2.00. The lowest BCUT2D eigenvalue weighted by molar-refractivity contribution is -0.133. The number of urea groups is 1. The molecule has 0 unspecified atom stereocenters. The molecule has 2 saturated heterocycles. The monoisotopic (exact) mass is 333 g/mol. The van der Waals surface area contributed by atoms with Crippen LogP contribution in [0, 0.1) is 6.92 Å². The largest absolute Gasteiger partial charge is 0.341 e. The van der Waals surface area contributed by atoms with Gasteiger partial charge in [-0.3, -0.25) is 4.79 Å². The number of aryl methyl sites for hydroxylation is 1. The molecule has 3 rings (SSSR count). The molecule has 3 amide bonds. The van der Waals surface area contributed by atoms with Gasteiger partial charge in [0, 0.05) is 30.3 Å². The van der Waals surface area contributed by atoms with Crippen molar-refractivity contribution in [2.45, 2.75) is 36.0 Å². The Bertz CT molecular complexity index is 599. The molecule has 6 heteroatoms. The van der Waals surface area contributed by atoms with E-state index in [1.807, 2.05) is 16.7 Å². The van der Waals surface area contributed by atoms with E-state index >= 15 is 0 Å². The van der Waals surface area contributed by atoms with Crippen molar-refractivity contribution in [1.29, 1.82) is 0 Å². The zero-order valence-corrected chi connectivity index (χ0v) is 14.4. The van der Waals surface area contributed by atoms with E-state index in [4.69, 9.17) is 0 Å². The molecule has 0 spiro atoms. The van der Waals surface area contributed by atoms with E-state index in [1.165, 1.54) is 10.5 Å². The highest BCUT2D eigenvalue weighted by molar-refractivity contribution is 8.00. The van der Waals surface area contributed by atoms with Crippen LogP contribution in [-0.2, 0) is 4.79 Å². The highest BCUT2D eigenvalue weighted by Crippen LogP contribution is 2.31. The summed E-state index contributed by atoms with van der Waals surface area (Å²) < 4.78 is 0. The maximum atomic E-state index is 12.5. The molecule has 5 nitrogen and oxygen atoms in total. The van der Waals surface area contributed by atoms with Gasteiger partial charge < -0.3 is 15.1 Å². The Morgan fingerprint density at radius 2 is 2.04 bits per heavy atom. The maximum absolute atomic E-state index is 12.5. The molecule has 1 aromatic rings. The normalized spacial score (nSPS) is 22.3. The highest BCUT2D eigenvalue weighted by Gasteiger charge is 2.35. The number of carbonyl (C=O) groups is 2. The van der Waals surface area contributed by atoms with Crippen LogP contribution in [0.1, 0.15) is 18.4 Å². The van der Waals surface area contributed by atoms with Crippen molar-refractivity contribution >= 4 is 23.7 Å². The van der Waals surface area contributed by atoms with Crippen LogP contribution in [-0.4, -0.2) is 59.7 Å². The Hall–Kier alpha value is -1.69. The predicted octanol–water partition coefficient (Wildman–Crippen LogP) is 2.10. The van der Waals surface area contributed by atoms with Crippen molar-refractivity contribution in [3.05, 3.63) is 29.8 Å². The first-order valence-electron chi connectivity index (χ1n) is 8.06. The molecule has 2 heterocycles. The van der Waals surface area contributed by atoms with Gasteiger partial charge in [0.15, 0.2) is 0 Å². The van der Waals surface area contributed by atoms with E-state index in [2.05, 4.69) is 36.5 Å². The van der Waals surface area contributed by atoms with Gasteiger partial charge in [0.1, 0.15) is 6.04 Å². The molecule has 23 heavy (non-hydrogen) atoms. The number of piperidine rings is 1. The van der Waals surface area contributed by atoms with E-state index in [0.29, 0.717) is 11.8 Å². The molecule has 0 bridgehead atoms. The molecular formula is C17H23N3O2S. The summed E-state index contributed by atoms with van der Waals surface area (Å²) in [5, 5.41) is 3.31. The third-order valence-corrected chi connectivity index (χ3v) is 5.78. The summed E-state index contributed by atoms with van der Waals surface area (Å²) in [5.41, 5.74) is 1.28. The first-order valence-corrected chi connectivity index (χ1v) is 8.94. The van der Waals surface area contributed by atoms with Crippen molar-refractivity contribution < 1.29 is 9.59 Å². The minimum Gasteiger partial charge on any atom is -0.341 e. The summed E-state index contributed by atoms with van der Waals surface area (Å²) in [6, 6.07) is 8.03. The second kappa shape index (κ2) is 6.83. The van der Waals surface area contributed by atoms with Gasteiger partial charge >= 0.3 is 6.03 Å². The minimum absolute atomic E-state index is 0.0571. The fraction of sp³-hybridized carbons (Fsp3) is 0.529. The van der Waals surface area contributed by atoms with Gasteiger partial charge in [-0.1, -0.05) is 17.7 Å². The quantitative estimate of drug-likeness (QED) is 0.922. The topological polar surface area (TPSA) is 52.7 Å². The molecule has 0 saturated carbocycles. The second-order valence-corrected chi connectivity index (χ2v) is 7.72. The van der Waals surface area contributed by atoms with Crippen LogP contribution in [0.25, 0.3) is 0 Å². The van der Waals surface area contributed by atoms with Gasteiger partial charge in [-0.05, 0) is 31.9 Å². The summed E-state index contributed by atoms with van der Waals surface area (Å²) in [6.45, 7) is 4.13. The summed E-state index contributed by atoms with van der Waals surface area (Å²) in [5.74, 6) is 0.0571. The zero-order valence-electron chi connectivity index (χ0n) is 13.6. The Morgan fingerprint density at radius 3 is 2.65 bits per heavy atom. The molecular weight excluding hydrogens is 310 g/mol. The lowest BCUT2D eigenvalue weighted by Gasteiger charge is -2.33. The number of hydrogen-bond donors (Lipinski definition) is 1. The van der Waals surface area contributed by atoms with Crippen molar-refractivity contribution in [1.82, 2.24) is 15.1 Å². The van der Waals surface area contributed by atoms with Crippen LogP contribution >= 0.6 is 11.8 Å². The number of nitrogens with zero attached hydrogens (tertiary/aromatic N) is 2. The van der Waals surface area contributed by atoms with E-state index in [-0.39, 0.29) is 18.0 Å². The number of rotatable bonds is 3. The smallest absolute Gasteiger partial charge is 0.317 e. The number of amides is 3. The van der Waals surface area contributed by atoms with E-state index in [9.17, 15) is 9.59 Å². The zero-order chi connectivity index (χ0) is 16.4. The van der Waals surface area contributed by atoms with Gasteiger partial charge in [0.05, 0.1) is 6.54 Å².